The first-order valence-electron chi connectivity index (χ1n) is 7.37. The Morgan fingerprint density at radius 2 is 2.10 bits per heavy atom. The Balaban J connectivity index is 2.07. The quantitative estimate of drug-likeness (QED) is 0.803. The van der Waals surface area contributed by atoms with Crippen molar-refractivity contribution in [3.05, 3.63) is 18.0 Å². The van der Waals surface area contributed by atoms with E-state index >= 15 is 0 Å². The molecule has 0 radical (unpaired) electrons. The number of hydrogen-bond donors (Lipinski definition) is 2. The van der Waals surface area contributed by atoms with Gasteiger partial charge in [0.15, 0.2) is 0 Å². The Labute approximate surface area is 127 Å². The summed E-state index contributed by atoms with van der Waals surface area (Å²) in [7, 11) is 0.449. The van der Waals surface area contributed by atoms with E-state index in [0.29, 0.717) is 17.5 Å². The molecule has 0 bridgehead atoms. The van der Waals surface area contributed by atoms with Crippen LogP contribution in [0.2, 0.25) is 0 Å². The van der Waals surface area contributed by atoms with Gasteiger partial charge in [-0.05, 0) is 26.1 Å². The molecule has 1 aliphatic heterocycles. The highest BCUT2D eigenvalue weighted by atomic mass is 32.2. The number of aryl methyl sites for hydroxylation is 1. The molecule has 21 heavy (non-hydrogen) atoms. The molecule has 0 spiro atoms. The fourth-order valence-corrected chi connectivity index (χ4v) is 3.88. The molecule has 2 N–H and O–H groups in total. The first kappa shape index (κ1) is 16.5. The zero-order chi connectivity index (χ0) is 15.6. The summed E-state index contributed by atoms with van der Waals surface area (Å²) in [5, 5.41) is 3.30. The van der Waals surface area contributed by atoms with Crippen LogP contribution in [0.4, 0.5) is 0 Å². The maximum absolute atomic E-state index is 12.4. The number of rotatable bonds is 6. The van der Waals surface area contributed by atoms with E-state index < -0.39 is 10.0 Å². The molecule has 2 rings (SSSR count). The molecule has 0 saturated carbocycles. The van der Waals surface area contributed by atoms with Crippen molar-refractivity contribution in [2.45, 2.75) is 43.8 Å². The summed E-state index contributed by atoms with van der Waals surface area (Å²) in [6.45, 7) is 6.51. The zero-order valence-corrected chi connectivity index (χ0v) is 14.1. The maximum Gasteiger partial charge on any atom is 0.242 e. The Morgan fingerprint density at radius 3 is 2.67 bits per heavy atom. The number of nitrogens with zero attached hydrogens (tertiary/aromatic N) is 2. The molecule has 2 heterocycles. The number of nitrogens with one attached hydrogen (secondary N) is 2. The fraction of sp³-hybridized carbons (Fsp3) is 0.714. The van der Waals surface area contributed by atoms with E-state index in [2.05, 4.69) is 28.8 Å². The third-order valence-electron chi connectivity index (χ3n) is 3.80. The van der Waals surface area contributed by atoms with Gasteiger partial charge in [-0.1, -0.05) is 13.8 Å². The third-order valence-corrected chi connectivity index (χ3v) is 5.29. The normalized spacial score (nSPS) is 20.5. The van der Waals surface area contributed by atoms with Gasteiger partial charge < -0.3 is 14.8 Å². The second kappa shape index (κ2) is 6.48. The predicted molar refractivity (Wildman–Crippen MR) is 83.6 cm³/mol. The minimum atomic E-state index is -3.43. The van der Waals surface area contributed by atoms with Gasteiger partial charge in [0.2, 0.25) is 10.0 Å². The van der Waals surface area contributed by atoms with Crippen molar-refractivity contribution in [1.82, 2.24) is 19.5 Å². The lowest BCUT2D eigenvalue weighted by molar-refractivity contribution is 0.407. The van der Waals surface area contributed by atoms with E-state index in [1.165, 1.54) is 0 Å². The molecule has 120 valence electrons. The van der Waals surface area contributed by atoms with Gasteiger partial charge >= 0.3 is 0 Å². The molecule has 6 nitrogen and oxygen atoms in total. The van der Waals surface area contributed by atoms with E-state index in [4.69, 9.17) is 0 Å². The summed E-state index contributed by atoms with van der Waals surface area (Å²) in [5.41, 5.74) is 0.965. The number of likely N-dealkylation sites (N-methyl/N-ethyl adjacent to an activating group) is 1. The SMILES string of the molecule is CC(C)NCc1cc(S(=O)(=O)NC2CCN(C)C2)cn1C. The average Bonchev–Trinajstić information content (AvgIpc) is 2.93. The average molecular weight is 314 g/mol. The molecule has 0 aliphatic carbocycles. The lowest BCUT2D eigenvalue weighted by atomic mass is 10.3. The van der Waals surface area contributed by atoms with Crippen LogP contribution in [0.3, 0.4) is 0 Å². The lowest BCUT2D eigenvalue weighted by Gasteiger charge is -2.12. The molecule has 1 aromatic heterocycles. The smallest absolute Gasteiger partial charge is 0.242 e. The van der Waals surface area contributed by atoms with Crippen LogP contribution in [-0.2, 0) is 23.6 Å². The molecule has 1 saturated heterocycles. The van der Waals surface area contributed by atoms with Crippen LogP contribution >= 0.6 is 0 Å². The van der Waals surface area contributed by atoms with Gasteiger partial charge in [0, 0.05) is 44.1 Å². The molecule has 1 atom stereocenters. The van der Waals surface area contributed by atoms with Gasteiger partial charge in [0.25, 0.3) is 0 Å². The molecular weight excluding hydrogens is 288 g/mol. The van der Waals surface area contributed by atoms with E-state index in [1.54, 1.807) is 12.3 Å². The number of sulfonamides is 1. The lowest BCUT2D eigenvalue weighted by Crippen LogP contribution is -2.36. The summed E-state index contributed by atoms with van der Waals surface area (Å²) in [6, 6.07) is 2.13. The predicted octanol–water partition coefficient (Wildman–Crippen LogP) is 0.506. The third kappa shape index (κ3) is 4.29. The number of hydrogen-bond acceptors (Lipinski definition) is 4. The summed E-state index contributed by atoms with van der Waals surface area (Å²) in [4.78, 5) is 2.48. The van der Waals surface area contributed by atoms with Crippen molar-refractivity contribution in [3.63, 3.8) is 0 Å². The molecule has 7 heteroatoms. The minimum Gasteiger partial charge on any atom is -0.352 e. The van der Waals surface area contributed by atoms with Gasteiger partial charge in [-0.3, -0.25) is 0 Å². The van der Waals surface area contributed by atoms with Crippen molar-refractivity contribution in [2.24, 2.45) is 7.05 Å². The Bertz CT molecular complexity index is 580. The Morgan fingerprint density at radius 1 is 1.38 bits per heavy atom. The van der Waals surface area contributed by atoms with Crippen molar-refractivity contribution in [3.8, 4) is 0 Å². The summed E-state index contributed by atoms with van der Waals surface area (Å²) < 4.78 is 29.5. The maximum atomic E-state index is 12.4. The van der Waals surface area contributed by atoms with Crippen LogP contribution < -0.4 is 10.0 Å². The van der Waals surface area contributed by atoms with Crippen LogP contribution in [0.1, 0.15) is 26.0 Å². The largest absolute Gasteiger partial charge is 0.352 e. The van der Waals surface area contributed by atoms with E-state index in [-0.39, 0.29) is 6.04 Å². The van der Waals surface area contributed by atoms with Crippen LogP contribution in [0.15, 0.2) is 17.2 Å². The topological polar surface area (TPSA) is 66.4 Å². The second-order valence-corrected chi connectivity index (χ2v) is 7.90. The highest BCUT2D eigenvalue weighted by Gasteiger charge is 2.26. The first-order chi connectivity index (χ1) is 9.78. The number of aromatic nitrogens is 1. The molecule has 0 amide bonds. The Kier molecular flexibility index (Phi) is 5.08. The van der Waals surface area contributed by atoms with Gasteiger partial charge in [0.1, 0.15) is 0 Å². The van der Waals surface area contributed by atoms with Crippen LogP contribution in [0.5, 0.6) is 0 Å². The van der Waals surface area contributed by atoms with E-state index in [1.807, 2.05) is 18.7 Å². The summed E-state index contributed by atoms with van der Waals surface area (Å²) in [6.07, 6.45) is 2.54. The van der Waals surface area contributed by atoms with Crippen molar-refractivity contribution < 1.29 is 8.42 Å². The first-order valence-corrected chi connectivity index (χ1v) is 8.86. The second-order valence-electron chi connectivity index (χ2n) is 6.18. The van der Waals surface area contributed by atoms with Gasteiger partial charge in [-0.15, -0.1) is 0 Å². The molecule has 1 fully saturated rings. The standard InChI is InChI=1S/C14H26N4O2S/c1-11(2)15-8-13-7-14(10-18(13)4)21(19,20)16-12-5-6-17(3)9-12/h7,10-12,15-16H,5-6,8-9H2,1-4H3. The van der Waals surface area contributed by atoms with Crippen molar-refractivity contribution in [1.29, 1.82) is 0 Å². The fourth-order valence-electron chi connectivity index (χ4n) is 2.53. The van der Waals surface area contributed by atoms with E-state index in [0.717, 1.165) is 25.2 Å². The van der Waals surface area contributed by atoms with Crippen molar-refractivity contribution in [2.75, 3.05) is 20.1 Å². The summed E-state index contributed by atoms with van der Waals surface area (Å²) in [5.74, 6) is 0. The van der Waals surface area contributed by atoms with E-state index in [9.17, 15) is 8.42 Å². The summed E-state index contributed by atoms with van der Waals surface area (Å²) >= 11 is 0. The molecule has 1 aromatic rings. The minimum absolute atomic E-state index is 0.0115. The van der Waals surface area contributed by atoms with Crippen LogP contribution in [-0.4, -0.2) is 50.1 Å². The Hall–Kier alpha value is -0.890. The highest BCUT2D eigenvalue weighted by molar-refractivity contribution is 7.89. The van der Waals surface area contributed by atoms with Gasteiger partial charge in [-0.25, -0.2) is 13.1 Å². The molecule has 0 aromatic carbocycles. The zero-order valence-electron chi connectivity index (χ0n) is 13.3. The van der Waals surface area contributed by atoms with Gasteiger partial charge in [0.05, 0.1) is 4.90 Å². The van der Waals surface area contributed by atoms with Gasteiger partial charge in [-0.2, -0.15) is 0 Å². The highest BCUT2D eigenvalue weighted by Crippen LogP contribution is 2.16. The molecular formula is C14H26N4O2S. The monoisotopic (exact) mass is 314 g/mol. The van der Waals surface area contributed by atoms with Crippen LogP contribution in [0, 0.1) is 0 Å². The molecule has 1 unspecified atom stereocenters. The molecule has 1 aliphatic rings. The number of likely N-dealkylation sites (tertiary alicyclic amines) is 1. The van der Waals surface area contributed by atoms with Crippen LogP contribution in [0.25, 0.3) is 0 Å². The van der Waals surface area contributed by atoms with Crippen molar-refractivity contribution >= 4 is 10.0 Å².